The van der Waals surface area contributed by atoms with Gasteiger partial charge >= 0.3 is 11.9 Å². The van der Waals surface area contributed by atoms with Gasteiger partial charge in [-0.25, -0.2) is 14.6 Å². The summed E-state index contributed by atoms with van der Waals surface area (Å²) in [6.45, 7) is 0. The smallest absolute Gasteiger partial charge is 0.356 e. The molecule has 0 aliphatic carbocycles. The second kappa shape index (κ2) is 3.10. The minimum atomic E-state index is -1.35. The molecule has 0 spiro atoms. The van der Waals surface area contributed by atoms with Crippen LogP contribution in [0.25, 0.3) is 0 Å². The summed E-state index contributed by atoms with van der Waals surface area (Å²) >= 11 is 0. The van der Waals surface area contributed by atoms with Crippen LogP contribution in [-0.4, -0.2) is 27.1 Å². The third-order valence-corrected chi connectivity index (χ3v) is 1.35. The second-order valence-electron chi connectivity index (χ2n) is 2.24. The fraction of sp³-hybridized carbons (Fsp3) is 0. The van der Waals surface area contributed by atoms with Crippen molar-refractivity contribution in [3.8, 4) is 0 Å². The number of aromatic nitrogens is 1. The number of pyridine rings is 1. The predicted octanol–water partition coefficient (Wildman–Crippen LogP) is 0.0602. The fourth-order valence-corrected chi connectivity index (χ4v) is 0.760. The summed E-state index contributed by atoms with van der Waals surface area (Å²) in [5.74, 6) is -2.64. The third kappa shape index (κ3) is 1.73. The molecule has 0 aliphatic rings. The van der Waals surface area contributed by atoms with E-state index in [1.165, 1.54) is 6.07 Å². The molecule has 0 bridgehead atoms. The lowest BCUT2D eigenvalue weighted by Crippen LogP contribution is -2.10. The Morgan fingerprint density at radius 1 is 1.23 bits per heavy atom. The number of rotatable bonds is 2. The standard InChI is InChI=1S/C7H6N2O4/c8-3-1-2-4(6(10)11)9-5(3)7(12)13/h1-2H,8H2,(H,10,11)(H,12,13). The van der Waals surface area contributed by atoms with E-state index in [-0.39, 0.29) is 11.4 Å². The number of carboxylic acids is 2. The molecule has 0 atom stereocenters. The molecule has 0 fully saturated rings. The summed E-state index contributed by atoms with van der Waals surface area (Å²) in [5, 5.41) is 17.0. The van der Waals surface area contributed by atoms with Gasteiger partial charge in [0.1, 0.15) is 5.69 Å². The zero-order chi connectivity index (χ0) is 10.0. The largest absolute Gasteiger partial charge is 0.477 e. The van der Waals surface area contributed by atoms with E-state index >= 15 is 0 Å². The van der Waals surface area contributed by atoms with Gasteiger partial charge in [-0.2, -0.15) is 0 Å². The number of hydrogen-bond donors (Lipinski definition) is 3. The molecule has 0 amide bonds. The normalized spacial score (nSPS) is 9.54. The molecular weight excluding hydrogens is 176 g/mol. The first kappa shape index (κ1) is 8.98. The number of carboxylic acid groups (broad SMARTS) is 2. The third-order valence-electron chi connectivity index (χ3n) is 1.35. The van der Waals surface area contributed by atoms with Crippen LogP contribution in [0, 0.1) is 0 Å². The van der Waals surface area contributed by atoms with Crippen LogP contribution in [0.1, 0.15) is 21.0 Å². The van der Waals surface area contributed by atoms with Crippen LogP contribution >= 0.6 is 0 Å². The summed E-state index contributed by atoms with van der Waals surface area (Å²) in [7, 11) is 0. The number of hydrogen-bond acceptors (Lipinski definition) is 4. The lowest BCUT2D eigenvalue weighted by atomic mass is 10.2. The van der Waals surface area contributed by atoms with Crippen molar-refractivity contribution >= 4 is 17.6 Å². The van der Waals surface area contributed by atoms with Crippen LogP contribution in [-0.2, 0) is 0 Å². The zero-order valence-electron chi connectivity index (χ0n) is 6.39. The molecule has 0 radical (unpaired) electrons. The number of aromatic carboxylic acids is 2. The van der Waals surface area contributed by atoms with Gasteiger partial charge in [-0.15, -0.1) is 0 Å². The minimum absolute atomic E-state index is 0.0579. The maximum atomic E-state index is 10.5. The van der Waals surface area contributed by atoms with Gasteiger partial charge in [0.25, 0.3) is 0 Å². The highest BCUT2D eigenvalue weighted by molar-refractivity contribution is 5.94. The van der Waals surface area contributed by atoms with E-state index < -0.39 is 17.6 Å². The molecule has 4 N–H and O–H groups in total. The van der Waals surface area contributed by atoms with Gasteiger partial charge in [-0.05, 0) is 12.1 Å². The molecule has 0 aromatic carbocycles. The fourth-order valence-electron chi connectivity index (χ4n) is 0.760. The molecule has 0 unspecified atom stereocenters. The zero-order valence-corrected chi connectivity index (χ0v) is 6.39. The molecule has 1 rings (SSSR count). The van der Waals surface area contributed by atoms with Crippen LogP contribution < -0.4 is 5.73 Å². The highest BCUT2D eigenvalue weighted by Gasteiger charge is 2.13. The molecule has 0 saturated heterocycles. The molecule has 1 heterocycles. The van der Waals surface area contributed by atoms with Crippen LogP contribution in [0.5, 0.6) is 0 Å². The van der Waals surface area contributed by atoms with Crippen LogP contribution in [0.3, 0.4) is 0 Å². The number of nitrogen functional groups attached to an aromatic ring is 1. The Morgan fingerprint density at radius 2 is 1.85 bits per heavy atom. The first-order valence-corrected chi connectivity index (χ1v) is 3.25. The van der Waals surface area contributed by atoms with Crippen molar-refractivity contribution in [3.05, 3.63) is 23.5 Å². The van der Waals surface area contributed by atoms with E-state index in [4.69, 9.17) is 15.9 Å². The highest BCUT2D eigenvalue weighted by Crippen LogP contribution is 2.09. The lowest BCUT2D eigenvalue weighted by molar-refractivity contribution is 0.0686. The molecule has 0 aliphatic heterocycles. The van der Waals surface area contributed by atoms with Crippen molar-refractivity contribution in [2.75, 3.05) is 5.73 Å². The predicted molar refractivity (Wildman–Crippen MR) is 42.6 cm³/mol. The Balaban J connectivity index is 3.27. The highest BCUT2D eigenvalue weighted by atomic mass is 16.4. The van der Waals surface area contributed by atoms with Gasteiger partial charge in [-0.1, -0.05) is 0 Å². The number of carbonyl (C=O) groups is 2. The molecule has 6 heteroatoms. The van der Waals surface area contributed by atoms with Crippen molar-refractivity contribution in [3.63, 3.8) is 0 Å². The van der Waals surface area contributed by atoms with Crippen molar-refractivity contribution in [1.29, 1.82) is 0 Å². The van der Waals surface area contributed by atoms with E-state index in [0.29, 0.717) is 0 Å². The summed E-state index contributed by atoms with van der Waals surface area (Å²) in [5.41, 5.74) is 4.41. The summed E-state index contributed by atoms with van der Waals surface area (Å²) in [6, 6.07) is 2.34. The van der Waals surface area contributed by atoms with Gasteiger partial charge in [-0.3, -0.25) is 0 Å². The maximum absolute atomic E-state index is 10.5. The van der Waals surface area contributed by atoms with Crippen LogP contribution in [0.2, 0.25) is 0 Å². The number of nitrogens with zero attached hydrogens (tertiary/aromatic N) is 1. The molecule has 13 heavy (non-hydrogen) atoms. The SMILES string of the molecule is Nc1ccc(C(=O)O)nc1C(=O)O. The van der Waals surface area contributed by atoms with Gasteiger partial charge in [0.05, 0.1) is 5.69 Å². The minimum Gasteiger partial charge on any atom is -0.477 e. The van der Waals surface area contributed by atoms with E-state index in [1.807, 2.05) is 0 Å². The molecule has 0 saturated carbocycles. The Morgan fingerprint density at radius 3 is 2.31 bits per heavy atom. The van der Waals surface area contributed by atoms with E-state index in [9.17, 15) is 9.59 Å². The lowest BCUT2D eigenvalue weighted by Gasteiger charge is -1.99. The number of anilines is 1. The first-order valence-electron chi connectivity index (χ1n) is 3.25. The quantitative estimate of drug-likeness (QED) is 0.595. The molecule has 1 aromatic rings. The van der Waals surface area contributed by atoms with E-state index in [0.717, 1.165) is 6.07 Å². The van der Waals surface area contributed by atoms with Crippen molar-refractivity contribution < 1.29 is 19.8 Å². The number of nitrogens with two attached hydrogens (primary N) is 1. The van der Waals surface area contributed by atoms with Gasteiger partial charge < -0.3 is 15.9 Å². The Kier molecular flexibility index (Phi) is 2.14. The molecule has 1 aromatic heterocycles. The average molecular weight is 182 g/mol. The van der Waals surface area contributed by atoms with Crippen molar-refractivity contribution in [2.24, 2.45) is 0 Å². The molecule has 68 valence electrons. The van der Waals surface area contributed by atoms with Crippen molar-refractivity contribution in [2.45, 2.75) is 0 Å². The summed E-state index contributed by atoms with van der Waals surface area (Å²) in [4.78, 5) is 24.2. The van der Waals surface area contributed by atoms with Crippen molar-refractivity contribution in [1.82, 2.24) is 4.98 Å². The van der Waals surface area contributed by atoms with E-state index in [1.54, 1.807) is 0 Å². The van der Waals surface area contributed by atoms with Crippen LogP contribution in [0.4, 0.5) is 5.69 Å². The molecular formula is C7H6N2O4. The second-order valence-corrected chi connectivity index (χ2v) is 2.24. The monoisotopic (exact) mass is 182 g/mol. The Labute approximate surface area is 72.6 Å². The van der Waals surface area contributed by atoms with E-state index in [2.05, 4.69) is 4.98 Å². The summed E-state index contributed by atoms with van der Waals surface area (Å²) in [6.07, 6.45) is 0. The molecule has 6 nitrogen and oxygen atoms in total. The van der Waals surface area contributed by atoms with Gasteiger partial charge in [0, 0.05) is 0 Å². The summed E-state index contributed by atoms with van der Waals surface area (Å²) < 4.78 is 0. The Hall–Kier alpha value is -2.11. The topological polar surface area (TPSA) is 114 Å². The van der Waals surface area contributed by atoms with Gasteiger partial charge in [0.2, 0.25) is 0 Å². The van der Waals surface area contributed by atoms with Gasteiger partial charge in [0.15, 0.2) is 5.69 Å². The average Bonchev–Trinajstić information content (AvgIpc) is 2.04. The first-order chi connectivity index (χ1) is 6.02. The Bertz CT molecular complexity index is 375. The van der Waals surface area contributed by atoms with Crippen LogP contribution in [0.15, 0.2) is 12.1 Å². The maximum Gasteiger partial charge on any atom is 0.356 e.